The van der Waals surface area contributed by atoms with Gasteiger partial charge in [-0.05, 0) is 24.3 Å². The molecule has 2 aromatic heterocycles. The third-order valence-electron chi connectivity index (χ3n) is 3.89. The largest absolute Gasteiger partial charge is 0.349 e. The number of piperidine rings is 1. The number of hydrogen-bond donors (Lipinski definition) is 2. The van der Waals surface area contributed by atoms with Crippen molar-refractivity contribution in [2.75, 3.05) is 18.4 Å². The molecule has 1 fully saturated rings. The number of hydrogen-bond acceptors (Lipinski definition) is 6. The van der Waals surface area contributed by atoms with Gasteiger partial charge in [0.1, 0.15) is 0 Å². The number of rotatable bonds is 5. The molecule has 0 aromatic carbocycles. The molecule has 6 nitrogen and oxygen atoms in total. The molecule has 1 saturated heterocycles. The van der Waals surface area contributed by atoms with Gasteiger partial charge in [0.2, 0.25) is 5.91 Å². The number of thiophene rings is 1. The SMILES string of the molecule is CC(=O)Nc1nc(CN2CCC(NC(=O)c3cccs3)CC2)cs1. The summed E-state index contributed by atoms with van der Waals surface area (Å²) >= 11 is 2.92. The van der Waals surface area contributed by atoms with E-state index in [0.29, 0.717) is 5.13 Å². The minimum absolute atomic E-state index is 0.0305. The number of nitrogens with zero attached hydrogens (tertiary/aromatic N) is 2. The van der Waals surface area contributed by atoms with Crippen LogP contribution >= 0.6 is 22.7 Å². The van der Waals surface area contributed by atoms with Gasteiger partial charge < -0.3 is 10.6 Å². The van der Waals surface area contributed by atoms with Crippen LogP contribution in [0, 0.1) is 0 Å². The van der Waals surface area contributed by atoms with Crippen LogP contribution in [0.1, 0.15) is 35.1 Å². The topological polar surface area (TPSA) is 74.3 Å². The summed E-state index contributed by atoms with van der Waals surface area (Å²) in [5.41, 5.74) is 0.977. The zero-order chi connectivity index (χ0) is 16.9. The quantitative estimate of drug-likeness (QED) is 0.855. The molecule has 24 heavy (non-hydrogen) atoms. The van der Waals surface area contributed by atoms with Crippen LogP contribution in [0.4, 0.5) is 5.13 Å². The lowest BCUT2D eigenvalue weighted by Crippen LogP contribution is -2.44. The van der Waals surface area contributed by atoms with E-state index in [9.17, 15) is 9.59 Å². The fourth-order valence-electron chi connectivity index (χ4n) is 2.72. The molecule has 3 heterocycles. The van der Waals surface area contributed by atoms with Crippen molar-refractivity contribution in [1.29, 1.82) is 0 Å². The van der Waals surface area contributed by atoms with Gasteiger partial charge >= 0.3 is 0 Å². The highest BCUT2D eigenvalue weighted by Gasteiger charge is 2.22. The smallest absolute Gasteiger partial charge is 0.261 e. The standard InChI is InChI=1S/C16H20N4O2S2/c1-11(21)17-16-19-13(10-24-16)9-20-6-4-12(5-7-20)18-15(22)14-3-2-8-23-14/h2-3,8,10,12H,4-7,9H2,1H3,(H,18,22)(H,17,19,21). The molecule has 1 aliphatic rings. The van der Waals surface area contributed by atoms with E-state index in [1.807, 2.05) is 22.9 Å². The van der Waals surface area contributed by atoms with Crippen LogP contribution in [-0.2, 0) is 11.3 Å². The minimum atomic E-state index is -0.0989. The lowest BCUT2D eigenvalue weighted by molar-refractivity contribution is -0.114. The first-order valence-electron chi connectivity index (χ1n) is 7.89. The summed E-state index contributed by atoms with van der Waals surface area (Å²) in [4.78, 5) is 30.6. The van der Waals surface area contributed by atoms with Crippen molar-refractivity contribution in [3.63, 3.8) is 0 Å². The second kappa shape index (κ2) is 7.87. The molecule has 0 aliphatic carbocycles. The Bertz CT molecular complexity index is 691. The van der Waals surface area contributed by atoms with E-state index in [2.05, 4.69) is 20.5 Å². The summed E-state index contributed by atoms with van der Waals surface area (Å²) < 4.78 is 0. The van der Waals surface area contributed by atoms with Gasteiger partial charge in [-0.15, -0.1) is 22.7 Å². The molecular weight excluding hydrogens is 344 g/mol. The van der Waals surface area contributed by atoms with E-state index in [-0.39, 0.29) is 17.9 Å². The van der Waals surface area contributed by atoms with Crippen LogP contribution in [0.25, 0.3) is 0 Å². The summed E-state index contributed by atoms with van der Waals surface area (Å²) in [5, 5.41) is 10.4. The molecule has 2 N–H and O–H groups in total. The summed E-state index contributed by atoms with van der Waals surface area (Å²) in [6, 6.07) is 3.98. The summed E-state index contributed by atoms with van der Waals surface area (Å²) in [7, 11) is 0. The molecule has 8 heteroatoms. The van der Waals surface area contributed by atoms with Crippen LogP contribution in [0.3, 0.4) is 0 Å². The number of amides is 2. The monoisotopic (exact) mass is 364 g/mol. The predicted octanol–water partition coefficient (Wildman–Crippen LogP) is 2.56. The second-order valence-corrected chi connectivity index (χ2v) is 7.63. The molecule has 2 amide bonds. The van der Waals surface area contributed by atoms with Crippen LogP contribution in [0.5, 0.6) is 0 Å². The van der Waals surface area contributed by atoms with E-state index in [1.165, 1.54) is 29.6 Å². The highest BCUT2D eigenvalue weighted by Crippen LogP contribution is 2.19. The Morgan fingerprint density at radius 3 is 2.79 bits per heavy atom. The van der Waals surface area contributed by atoms with Crippen LogP contribution < -0.4 is 10.6 Å². The Hall–Kier alpha value is -1.77. The summed E-state index contributed by atoms with van der Waals surface area (Å²) in [5.74, 6) is -0.0684. The number of carbonyl (C=O) groups excluding carboxylic acids is 2. The predicted molar refractivity (Wildman–Crippen MR) is 96.5 cm³/mol. The van der Waals surface area contributed by atoms with Gasteiger partial charge in [0.15, 0.2) is 5.13 Å². The first kappa shape index (κ1) is 17.1. The Morgan fingerprint density at radius 2 is 2.12 bits per heavy atom. The zero-order valence-corrected chi connectivity index (χ0v) is 15.1. The Balaban J connectivity index is 1.44. The molecule has 0 spiro atoms. The second-order valence-electron chi connectivity index (χ2n) is 5.83. The van der Waals surface area contributed by atoms with Crippen LogP contribution in [-0.4, -0.2) is 40.8 Å². The van der Waals surface area contributed by atoms with Crippen molar-refractivity contribution >= 4 is 39.6 Å². The van der Waals surface area contributed by atoms with Gasteiger partial charge in [0, 0.05) is 38.0 Å². The van der Waals surface area contributed by atoms with E-state index < -0.39 is 0 Å². The molecule has 0 bridgehead atoms. The van der Waals surface area contributed by atoms with Gasteiger partial charge in [-0.1, -0.05) is 6.07 Å². The van der Waals surface area contributed by atoms with Crippen molar-refractivity contribution in [2.45, 2.75) is 32.4 Å². The minimum Gasteiger partial charge on any atom is -0.349 e. The molecule has 0 saturated carbocycles. The molecule has 0 radical (unpaired) electrons. The average Bonchev–Trinajstić information content (AvgIpc) is 3.21. The zero-order valence-electron chi connectivity index (χ0n) is 13.4. The molecule has 2 aromatic rings. The fourth-order valence-corrected chi connectivity index (χ4v) is 4.09. The maximum absolute atomic E-state index is 12.1. The summed E-state index contributed by atoms with van der Waals surface area (Å²) in [6.45, 7) is 4.13. The normalized spacial score (nSPS) is 16.0. The number of thiazole rings is 1. The van der Waals surface area contributed by atoms with Gasteiger partial charge in [0.05, 0.1) is 10.6 Å². The lowest BCUT2D eigenvalue weighted by Gasteiger charge is -2.31. The molecule has 0 unspecified atom stereocenters. The first-order chi connectivity index (χ1) is 11.6. The van der Waals surface area contributed by atoms with Crippen molar-refractivity contribution < 1.29 is 9.59 Å². The van der Waals surface area contributed by atoms with Crippen molar-refractivity contribution in [2.24, 2.45) is 0 Å². The number of anilines is 1. The molecule has 1 aliphatic heterocycles. The van der Waals surface area contributed by atoms with Crippen LogP contribution in [0.15, 0.2) is 22.9 Å². The van der Waals surface area contributed by atoms with E-state index >= 15 is 0 Å². The van der Waals surface area contributed by atoms with E-state index in [4.69, 9.17) is 0 Å². The Labute approximate surface area is 148 Å². The third kappa shape index (κ3) is 4.62. The molecular formula is C16H20N4O2S2. The fraction of sp³-hybridized carbons (Fsp3) is 0.438. The maximum atomic E-state index is 12.1. The first-order valence-corrected chi connectivity index (χ1v) is 9.65. The lowest BCUT2D eigenvalue weighted by atomic mass is 10.0. The third-order valence-corrected chi connectivity index (χ3v) is 5.56. The number of carbonyl (C=O) groups is 2. The highest BCUT2D eigenvalue weighted by molar-refractivity contribution is 7.14. The number of likely N-dealkylation sites (tertiary alicyclic amines) is 1. The Kier molecular flexibility index (Phi) is 5.60. The molecule has 3 rings (SSSR count). The Morgan fingerprint density at radius 1 is 1.33 bits per heavy atom. The van der Waals surface area contributed by atoms with Crippen LogP contribution in [0.2, 0.25) is 0 Å². The van der Waals surface area contributed by atoms with Gasteiger partial charge in [-0.2, -0.15) is 0 Å². The van der Waals surface area contributed by atoms with Crippen molar-refractivity contribution in [3.8, 4) is 0 Å². The summed E-state index contributed by atoms with van der Waals surface area (Å²) in [6.07, 6.45) is 1.89. The van der Waals surface area contributed by atoms with E-state index in [1.54, 1.807) is 0 Å². The highest BCUT2D eigenvalue weighted by atomic mass is 32.1. The van der Waals surface area contributed by atoms with Gasteiger partial charge in [-0.25, -0.2) is 4.98 Å². The molecule has 0 atom stereocenters. The average molecular weight is 364 g/mol. The van der Waals surface area contributed by atoms with Crippen molar-refractivity contribution in [1.82, 2.24) is 15.2 Å². The number of nitrogens with one attached hydrogen (secondary N) is 2. The maximum Gasteiger partial charge on any atom is 0.261 e. The number of aromatic nitrogens is 1. The van der Waals surface area contributed by atoms with Gasteiger partial charge in [0.25, 0.3) is 5.91 Å². The van der Waals surface area contributed by atoms with Crippen molar-refractivity contribution in [3.05, 3.63) is 33.5 Å². The van der Waals surface area contributed by atoms with E-state index in [0.717, 1.165) is 43.0 Å². The molecule has 128 valence electrons. The van der Waals surface area contributed by atoms with Gasteiger partial charge in [-0.3, -0.25) is 14.5 Å².